The van der Waals surface area contributed by atoms with Gasteiger partial charge in [0, 0.05) is 11.8 Å². The van der Waals surface area contributed by atoms with E-state index in [0.717, 1.165) is 0 Å². The number of nitrogens with two attached hydrogens (primary N) is 2. The van der Waals surface area contributed by atoms with Crippen LogP contribution in [0.3, 0.4) is 0 Å². The highest BCUT2D eigenvalue weighted by Crippen LogP contribution is 2.33. The summed E-state index contributed by atoms with van der Waals surface area (Å²) in [6, 6.07) is 4.02. The number of aromatic nitrogens is 1. The number of aryl methyl sites for hydroxylation is 1. The van der Waals surface area contributed by atoms with E-state index in [-0.39, 0.29) is 11.3 Å². The molecule has 6 N–H and O–H groups in total. The van der Waals surface area contributed by atoms with Crippen LogP contribution in [0.1, 0.15) is 28.9 Å². The lowest BCUT2D eigenvalue weighted by atomic mass is 10.0. The van der Waals surface area contributed by atoms with Crippen molar-refractivity contribution >= 4 is 5.69 Å². The minimum atomic E-state index is -0.803. The molecule has 0 saturated heterocycles. The maximum atomic E-state index is 14.4. The lowest BCUT2D eigenvalue weighted by molar-refractivity contribution is 0.598. The van der Waals surface area contributed by atoms with Crippen LogP contribution in [0.4, 0.5) is 10.1 Å². The molecule has 1 aromatic heterocycles. The minimum absolute atomic E-state index is 0.156. The topological polar surface area (TPSA) is 123 Å². The van der Waals surface area contributed by atoms with Gasteiger partial charge in [0.1, 0.15) is 5.82 Å². The van der Waals surface area contributed by atoms with E-state index < -0.39 is 23.6 Å². The number of benzene rings is 1. The predicted octanol–water partition coefficient (Wildman–Crippen LogP) is 1.73. The number of pyridine rings is 1. The third-order valence-corrected chi connectivity index (χ3v) is 4.11. The van der Waals surface area contributed by atoms with Gasteiger partial charge in [0.2, 0.25) is 0 Å². The summed E-state index contributed by atoms with van der Waals surface area (Å²) >= 11 is 0. The highest BCUT2D eigenvalue weighted by Gasteiger charge is 2.31. The van der Waals surface area contributed by atoms with Crippen LogP contribution in [0.25, 0.3) is 5.69 Å². The minimum Gasteiger partial charge on any atom is -0.321 e. The van der Waals surface area contributed by atoms with Gasteiger partial charge in [0.15, 0.2) is 6.17 Å². The molecule has 3 rings (SSSR count). The lowest BCUT2D eigenvalue weighted by Gasteiger charge is -2.17. The van der Waals surface area contributed by atoms with E-state index in [9.17, 15) is 9.18 Å². The molecule has 2 heterocycles. The monoisotopic (exact) mass is 343 g/mol. The number of nitrogens with zero attached hydrogens (tertiary/aromatic N) is 3. The van der Waals surface area contributed by atoms with Gasteiger partial charge in [-0.1, -0.05) is 23.4 Å². The summed E-state index contributed by atoms with van der Waals surface area (Å²) in [7, 11) is 0. The van der Waals surface area contributed by atoms with Gasteiger partial charge in [-0.2, -0.15) is 0 Å². The fourth-order valence-electron chi connectivity index (χ4n) is 2.89. The molecule has 1 aromatic carbocycles. The van der Waals surface area contributed by atoms with Crippen molar-refractivity contribution in [2.24, 2.45) is 21.9 Å². The average molecular weight is 343 g/mol. The van der Waals surface area contributed by atoms with Crippen LogP contribution in [-0.2, 0) is 0 Å². The van der Waals surface area contributed by atoms with E-state index in [4.69, 9.17) is 11.6 Å². The zero-order chi connectivity index (χ0) is 18.1. The van der Waals surface area contributed by atoms with Crippen LogP contribution in [0.2, 0.25) is 0 Å². The summed E-state index contributed by atoms with van der Waals surface area (Å²) in [5.74, 6) is 4.60. The van der Waals surface area contributed by atoms with Crippen molar-refractivity contribution in [3.05, 3.63) is 69.9 Å². The van der Waals surface area contributed by atoms with Crippen molar-refractivity contribution in [2.45, 2.75) is 19.1 Å². The molecular weight excluding hydrogens is 325 g/mol. The Bertz CT molecular complexity index is 901. The lowest BCUT2D eigenvalue weighted by Crippen LogP contribution is -2.27. The second-order valence-electron chi connectivity index (χ2n) is 5.62. The molecule has 8 nitrogen and oxygen atoms in total. The molecule has 25 heavy (non-hydrogen) atoms. The molecule has 9 heteroatoms. The van der Waals surface area contributed by atoms with Crippen molar-refractivity contribution in [1.82, 2.24) is 9.99 Å². The molecule has 2 aromatic rings. The molecule has 2 unspecified atom stereocenters. The second-order valence-corrected chi connectivity index (χ2v) is 5.62. The van der Waals surface area contributed by atoms with E-state index in [2.05, 4.69) is 27.8 Å². The van der Waals surface area contributed by atoms with Gasteiger partial charge in [-0.25, -0.2) is 9.82 Å². The van der Waals surface area contributed by atoms with Crippen molar-refractivity contribution < 1.29 is 4.39 Å². The van der Waals surface area contributed by atoms with Gasteiger partial charge in [-0.05, 0) is 18.6 Å². The Morgan fingerprint density at radius 2 is 2.24 bits per heavy atom. The van der Waals surface area contributed by atoms with Gasteiger partial charge in [-0.15, -0.1) is 11.7 Å². The molecule has 0 aliphatic carbocycles. The van der Waals surface area contributed by atoms with Gasteiger partial charge in [-0.3, -0.25) is 9.36 Å². The number of fused-ring (bicyclic) bond motifs is 1. The fraction of sp³-hybridized carbons (Fsp3) is 0.188. The smallest absolute Gasteiger partial charge is 0.264 e. The third-order valence-electron chi connectivity index (χ3n) is 4.11. The van der Waals surface area contributed by atoms with E-state index in [1.807, 2.05) is 0 Å². The zero-order valence-corrected chi connectivity index (χ0v) is 13.5. The molecular formula is C16H18FN7O. The first-order valence-corrected chi connectivity index (χ1v) is 7.54. The summed E-state index contributed by atoms with van der Waals surface area (Å²) in [6.45, 7) is 5.40. The van der Waals surface area contributed by atoms with E-state index in [0.29, 0.717) is 16.8 Å². The molecule has 1 aliphatic rings. The maximum Gasteiger partial charge on any atom is 0.264 e. The van der Waals surface area contributed by atoms with Gasteiger partial charge >= 0.3 is 0 Å². The Kier molecular flexibility index (Phi) is 4.34. The first-order valence-electron chi connectivity index (χ1n) is 7.54. The third kappa shape index (κ3) is 2.69. The van der Waals surface area contributed by atoms with Crippen LogP contribution in [0.15, 0.2) is 52.2 Å². The van der Waals surface area contributed by atoms with Crippen LogP contribution in [0, 0.1) is 12.7 Å². The van der Waals surface area contributed by atoms with Crippen LogP contribution < -0.4 is 28.0 Å². The summed E-state index contributed by atoms with van der Waals surface area (Å²) in [5, 5.41) is 7.03. The normalized spacial score (nSPS) is 17.3. The number of para-hydroxylation sites is 1. The molecule has 0 spiro atoms. The fourth-order valence-corrected chi connectivity index (χ4v) is 2.89. The molecule has 0 bridgehead atoms. The molecule has 0 saturated carbocycles. The Hall–Kier alpha value is -3.04. The summed E-state index contributed by atoms with van der Waals surface area (Å²) in [6.07, 6.45) is 2.23. The average Bonchev–Trinajstić information content (AvgIpc) is 3.00. The number of halogens is 1. The number of anilines is 1. The molecule has 2 atom stereocenters. The summed E-state index contributed by atoms with van der Waals surface area (Å²) < 4.78 is 15.7. The highest BCUT2D eigenvalue weighted by atomic mass is 19.1. The second kappa shape index (κ2) is 6.46. The molecule has 0 radical (unpaired) electrons. The predicted molar refractivity (Wildman–Crippen MR) is 92.4 cm³/mol. The Labute approximate surface area is 143 Å². The molecule has 130 valence electrons. The van der Waals surface area contributed by atoms with Gasteiger partial charge in [0.25, 0.3) is 5.56 Å². The Morgan fingerprint density at radius 1 is 1.48 bits per heavy atom. The van der Waals surface area contributed by atoms with Crippen molar-refractivity contribution in [2.75, 3.05) is 5.43 Å². The van der Waals surface area contributed by atoms with Crippen LogP contribution in [-0.4, -0.2) is 4.57 Å². The maximum absolute atomic E-state index is 14.4. The number of rotatable bonds is 4. The summed E-state index contributed by atoms with van der Waals surface area (Å²) in [4.78, 5) is 13.0. The van der Waals surface area contributed by atoms with Crippen LogP contribution >= 0.6 is 0 Å². The first-order chi connectivity index (χ1) is 12.0. The Balaban J connectivity index is 2.37. The number of hydrogen-bond donors (Lipinski definition) is 4. The number of nitrogens with one attached hydrogen (secondary N) is 2. The SMILES string of the molecule is C=CC(N)c1cn(-c2c(C)cccc2F)c(=O)c2c1NNC2N=NN. The molecule has 0 fully saturated rings. The van der Waals surface area contributed by atoms with E-state index in [1.54, 1.807) is 19.1 Å². The van der Waals surface area contributed by atoms with Gasteiger partial charge < -0.3 is 17.0 Å². The standard InChI is InChI=1S/C16H18FN7O/c1-3-11(18)9-7-24(14-8(2)5-4-6-10(14)17)16(25)12-13(9)20-21-15(12)22-23-19/h3-7,11,15,20-21H,1,18H2,2H3,(H2,19,22). The quantitative estimate of drug-likeness (QED) is 0.291. The van der Waals surface area contributed by atoms with Crippen molar-refractivity contribution in [1.29, 1.82) is 0 Å². The first kappa shape index (κ1) is 16.8. The zero-order valence-electron chi connectivity index (χ0n) is 13.5. The molecule has 1 aliphatic heterocycles. The van der Waals surface area contributed by atoms with E-state index in [1.165, 1.54) is 22.9 Å². The molecule has 0 amide bonds. The highest BCUT2D eigenvalue weighted by molar-refractivity contribution is 5.63. The largest absolute Gasteiger partial charge is 0.321 e. The number of hydrazine groups is 1. The Morgan fingerprint density at radius 3 is 2.88 bits per heavy atom. The van der Waals surface area contributed by atoms with E-state index >= 15 is 0 Å². The van der Waals surface area contributed by atoms with Crippen molar-refractivity contribution in [3.63, 3.8) is 0 Å². The van der Waals surface area contributed by atoms with Crippen LogP contribution in [0.5, 0.6) is 0 Å². The number of hydrogen-bond acceptors (Lipinski definition) is 6. The van der Waals surface area contributed by atoms with Crippen molar-refractivity contribution in [3.8, 4) is 5.69 Å². The summed E-state index contributed by atoms with van der Waals surface area (Å²) in [5.41, 5.74) is 13.4. The van der Waals surface area contributed by atoms with Gasteiger partial charge in [0.05, 0.1) is 23.0 Å².